The first-order valence-electron chi connectivity index (χ1n) is 10.4. The van der Waals surface area contributed by atoms with Crippen molar-refractivity contribution in [2.75, 3.05) is 30.9 Å². The lowest BCUT2D eigenvalue weighted by molar-refractivity contribution is -0.136. The maximum atomic E-state index is 13.3. The van der Waals surface area contributed by atoms with Crippen LogP contribution in [0.25, 0.3) is 5.57 Å². The monoisotopic (exact) mass is 429 g/mol. The Hall–Kier alpha value is -3.93. The Bertz CT molecular complexity index is 1150. The summed E-state index contributed by atoms with van der Waals surface area (Å²) in [5.41, 5.74) is 3.91. The molecule has 3 aromatic rings. The summed E-state index contributed by atoms with van der Waals surface area (Å²) in [6.07, 6.45) is 0.449. The lowest BCUT2D eigenvalue weighted by Gasteiger charge is -2.16. The fourth-order valence-electron chi connectivity index (χ4n) is 3.65. The molecule has 1 aliphatic heterocycles. The molecule has 0 saturated carbocycles. The number of imide groups is 1. The zero-order chi connectivity index (χ0) is 22.7. The molecular weight excluding hydrogens is 405 g/mol. The van der Waals surface area contributed by atoms with E-state index in [4.69, 9.17) is 0 Å². The Balaban J connectivity index is 1.62. The van der Waals surface area contributed by atoms with Gasteiger partial charge in [-0.1, -0.05) is 42.5 Å². The molecule has 0 radical (unpaired) electrons. The summed E-state index contributed by atoms with van der Waals surface area (Å²) in [6, 6.07) is 22.9. The number of amides is 2. The quantitative estimate of drug-likeness (QED) is 0.568. The first-order chi connectivity index (χ1) is 15.4. The highest BCUT2D eigenvalue weighted by atomic mass is 19.1. The SMILES string of the molecule is CN(C)c1ccc(NC2=C(c3ccccc3)C(=O)N(CCc3ccc(F)cc3)C2=O)cc1. The van der Waals surface area contributed by atoms with Crippen LogP contribution in [0, 0.1) is 5.82 Å². The van der Waals surface area contributed by atoms with E-state index in [1.54, 1.807) is 12.1 Å². The van der Waals surface area contributed by atoms with Crippen molar-refractivity contribution < 1.29 is 14.0 Å². The Kier molecular flexibility index (Phi) is 6.03. The predicted molar refractivity (Wildman–Crippen MR) is 125 cm³/mol. The summed E-state index contributed by atoms with van der Waals surface area (Å²) in [7, 11) is 3.91. The van der Waals surface area contributed by atoms with E-state index in [2.05, 4.69) is 5.32 Å². The van der Waals surface area contributed by atoms with Gasteiger partial charge in [-0.2, -0.15) is 0 Å². The molecule has 0 spiro atoms. The number of nitrogens with one attached hydrogen (secondary N) is 1. The Labute approximate surface area is 186 Å². The molecule has 1 N–H and O–H groups in total. The molecule has 5 nitrogen and oxygen atoms in total. The second kappa shape index (κ2) is 9.06. The van der Waals surface area contributed by atoms with Crippen LogP contribution < -0.4 is 10.2 Å². The molecule has 1 heterocycles. The highest BCUT2D eigenvalue weighted by molar-refractivity contribution is 6.36. The molecule has 1 aliphatic rings. The minimum Gasteiger partial charge on any atom is -0.378 e. The largest absolute Gasteiger partial charge is 0.378 e. The van der Waals surface area contributed by atoms with Crippen molar-refractivity contribution in [2.45, 2.75) is 6.42 Å². The molecular formula is C26H24FN3O2. The van der Waals surface area contributed by atoms with Gasteiger partial charge in [-0.15, -0.1) is 0 Å². The number of carbonyl (C=O) groups excluding carboxylic acids is 2. The van der Waals surface area contributed by atoms with Crippen LogP contribution in [0.4, 0.5) is 15.8 Å². The molecule has 0 fully saturated rings. The van der Waals surface area contributed by atoms with Gasteiger partial charge in [-0.3, -0.25) is 14.5 Å². The molecule has 6 heteroatoms. The van der Waals surface area contributed by atoms with Gasteiger partial charge >= 0.3 is 0 Å². The zero-order valence-corrected chi connectivity index (χ0v) is 18.0. The van der Waals surface area contributed by atoms with Crippen LogP contribution in [0.3, 0.4) is 0 Å². The summed E-state index contributed by atoms with van der Waals surface area (Å²) in [4.78, 5) is 29.8. The molecule has 0 aromatic heterocycles. The van der Waals surface area contributed by atoms with Gasteiger partial charge in [0.15, 0.2) is 0 Å². The molecule has 0 atom stereocenters. The molecule has 0 unspecified atom stereocenters. The number of benzene rings is 3. The Morgan fingerprint density at radius 1 is 0.844 bits per heavy atom. The highest BCUT2D eigenvalue weighted by Crippen LogP contribution is 2.31. The average Bonchev–Trinajstić information content (AvgIpc) is 3.03. The molecule has 2 amide bonds. The third-order valence-corrected chi connectivity index (χ3v) is 5.42. The van der Waals surface area contributed by atoms with Crippen LogP contribution in [-0.4, -0.2) is 37.4 Å². The van der Waals surface area contributed by atoms with Gasteiger partial charge in [0.2, 0.25) is 0 Å². The third kappa shape index (κ3) is 4.39. The van der Waals surface area contributed by atoms with E-state index in [-0.39, 0.29) is 29.9 Å². The molecule has 4 rings (SSSR count). The van der Waals surface area contributed by atoms with Gasteiger partial charge in [-0.05, 0) is 53.9 Å². The van der Waals surface area contributed by atoms with E-state index in [0.717, 1.165) is 16.9 Å². The number of anilines is 2. The lowest BCUT2D eigenvalue weighted by atomic mass is 10.0. The van der Waals surface area contributed by atoms with Gasteiger partial charge in [0, 0.05) is 32.0 Å². The summed E-state index contributed by atoms with van der Waals surface area (Å²) < 4.78 is 13.2. The van der Waals surface area contributed by atoms with Crippen LogP contribution in [0.1, 0.15) is 11.1 Å². The maximum Gasteiger partial charge on any atom is 0.278 e. The number of halogens is 1. The van der Waals surface area contributed by atoms with E-state index in [9.17, 15) is 14.0 Å². The average molecular weight is 429 g/mol. The van der Waals surface area contributed by atoms with E-state index in [0.29, 0.717) is 17.6 Å². The van der Waals surface area contributed by atoms with E-state index in [1.807, 2.05) is 73.6 Å². The van der Waals surface area contributed by atoms with Crippen molar-refractivity contribution in [1.29, 1.82) is 0 Å². The molecule has 162 valence electrons. The van der Waals surface area contributed by atoms with Crippen molar-refractivity contribution >= 4 is 28.8 Å². The number of rotatable bonds is 7. The number of hydrogen-bond donors (Lipinski definition) is 1. The highest BCUT2D eigenvalue weighted by Gasteiger charge is 2.38. The first-order valence-corrected chi connectivity index (χ1v) is 10.4. The Morgan fingerprint density at radius 2 is 1.50 bits per heavy atom. The minimum absolute atomic E-state index is 0.213. The second-order valence-electron chi connectivity index (χ2n) is 7.82. The van der Waals surface area contributed by atoms with Gasteiger partial charge in [0.25, 0.3) is 11.8 Å². The normalized spacial score (nSPS) is 13.7. The Morgan fingerprint density at radius 3 is 2.12 bits per heavy atom. The van der Waals surface area contributed by atoms with Crippen molar-refractivity contribution in [1.82, 2.24) is 4.90 Å². The number of nitrogens with zero attached hydrogens (tertiary/aromatic N) is 2. The minimum atomic E-state index is -0.368. The third-order valence-electron chi connectivity index (χ3n) is 5.42. The lowest BCUT2D eigenvalue weighted by Crippen LogP contribution is -2.34. The first kappa shape index (κ1) is 21.3. The van der Waals surface area contributed by atoms with Gasteiger partial charge in [0.05, 0.1) is 5.57 Å². The summed E-state index contributed by atoms with van der Waals surface area (Å²) in [6.45, 7) is 0.213. The van der Waals surface area contributed by atoms with Crippen LogP contribution in [0.2, 0.25) is 0 Å². The molecule has 0 saturated heterocycles. The van der Waals surface area contributed by atoms with Crippen LogP contribution in [-0.2, 0) is 16.0 Å². The van der Waals surface area contributed by atoms with Crippen molar-refractivity contribution in [2.24, 2.45) is 0 Å². The van der Waals surface area contributed by atoms with Crippen molar-refractivity contribution in [3.05, 3.63) is 102 Å². The molecule has 0 bridgehead atoms. The van der Waals surface area contributed by atoms with Crippen LogP contribution in [0.5, 0.6) is 0 Å². The second-order valence-corrected chi connectivity index (χ2v) is 7.82. The van der Waals surface area contributed by atoms with Crippen molar-refractivity contribution in [3.63, 3.8) is 0 Å². The summed E-state index contributed by atoms with van der Waals surface area (Å²) in [5, 5.41) is 3.17. The molecule has 3 aromatic carbocycles. The number of carbonyl (C=O) groups is 2. The maximum absolute atomic E-state index is 13.3. The summed E-state index contributed by atoms with van der Waals surface area (Å²) in [5.74, 6) is -1.02. The van der Waals surface area contributed by atoms with Crippen LogP contribution in [0.15, 0.2) is 84.6 Å². The van der Waals surface area contributed by atoms with E-state index >= 15 is 0 Å². The number of hydrogen-bond acceptors (Lipinski definition) is 4. The van der Waals surface area contributed by atoms with E-state index in [1.165, 1.54) is 17.0 Å². The topological polar surface area (TPSA) is 52.7 Å². The standard InChI is InChI=1S/C26H24FN3O2/c1-29(2)22-14-12-21(13-15-22)28-24-23(19-6-4-3-5-7-19)25(31)30(26(24)32)17-16-18-8-10-20(27)11-9-18/h3-15,28H,16-17H2,1-2H3. The fourth-order valence-corrected chi connectivity index (χ4v) is 3.65. The van der Waals surface area contributed by atoms with Gasteiger partial charge in [0.1, 0.15) is 11.5 Å². The molecule has 32 heavy (non-hydrogen) atoms. The van der Waals surface area contributed by atoms with Gasteiger partial charge in [-0.25, -0.2) is 4.39 Å². The fraction of sp³-hybridized carbons (Fsp3) is 0.154. The zero-order valence-electron chi connectivity index (χ0n) is 18.0. The smallest absolute Gasteiger partial charge is 0.278 e. The summed E-state index contributed by atoms with van der Waals surface area (Å²) >= 11 is 0. The van der Waals surface area contributed by atoms with Crippen molar-refractivity contribution in [3.8, 4) is 0 Å². The predicted octanol–water partition coefficient (Wildman–Crippen LogP) is 4.33. The van der Waals surface area contributed by atoms with Gasteiger partial charge < -0.3 is 10.2 Å². The van der Waals surface area contributed by atoms with Crippen LogP contribution >= 0.6 is 0 Å². The van der Waals surface area contributed by atoms with E-state index < -0.39 is 0 Å². The molecule has 0 aliphatic carbocycles.